The summed E-state index contributed by atoms with van der Waals surface area (Å²) in [6.07, 6.45) is 0. The highest BCUT2D eigenvalue weighted by Crippen LogP contribution is 2.15. The van der Waals surface area contributed by atoms with Crippen LogP contribution in [0, 0.1) is 0 Å². The standard InChI is InChI=1S/C14H14BrN3O2S/c1-16-13(19)11-8-21-12(17-11)7-18(2)14(20)9-3-5-10(15)6-4-9/h3-6,8H,7H2,1-2H3,(H,16,19). The van der Waals surface area contributed by atoms with E-state index in [1.54, 1.807) is 36.5 Å². The van der Waals surface area contributed by atoms with Crippen molar-refractivity contribution >= 4 is 39.1 Å². The number of hydrogen-bond donors (Lipinski definition) is 1. The second-order valence-electron chi connectivity index (χ2n) is 4.37. The quantitative estimate of drug-likeness (QED) is 0.902. The molecule has 7 heteroatoms. The minimum atomic E-state index is -0.223. The van der Waals surface area contributed by atoms with E-state index in [4.69, 9.17) is 0 Å². The summed E-state index contributed by atoms with van der Waals surface area (Å²) in [5.74, 6) is -0.307. The summed E-state index contributed by atoms with van der Waals surface area (Å²) in [5.41, 5.74) is 0.991. The molecule has 2 rings (SSSR count). The van der Waals surface area contributed by atoms with Gasteiger partial charge in [-0.15, -0.1) is 11.3 Å². The lowest BCUT2D eigenvalue weighted by molar-refractivity contribution is 0.0785. The SMILES string of the molecule is CNC(=O)c1csc(CN(C)C(=O)c2ccc(Br)cc2)n1. The van der Waals surface area contributed by atoms with Crippen LogP contribution in [0.4, 0.5) is 0 Å². The first kappa shape index (κ1) is 15.7. The zero-order valence-corrected chi connectivity index (χ0v) is 14.0. The number of rotatable bonds is 4. The number of carbonyl (C=O) groups excluding carboxylic acids is 2. The molecule has 0 bridgehead atoms. The van der Waals surface area contributed by atoms with E-state index in [9.17, 15) is 9.59 Å². The number of halogens is 1. The van der Waals surface area contributed by atoms with Crippen molar-refractivity contribution in [2.45, 2.75) is 6.54 Å². The molecule has 0 spiro atoms. The van der Waals surface area contributed by atoms with Gasteiger partial charge in [-0.2, -0.15) is 0 Å². The van der Waals surface area contributed by atoms with Gasteiger partial charge in [0.15, 0.2) is 0 Å². The van der Waals surface area contributed by atoms with Gasteiger partial charge in [-0.3, -0.25) is 9.59 Å². The monoisotopic (exact) mass is 367 g/mol. The Balaban J connectivity index is 2.05. The maximum Gasteiger partial charge on any atom is 0.270 e. The Morgan fingerprint density at radius 3 is 2.62 bits per heavy atom. The van der Waals surface area contributed by atoms with Gasteiger partial charge in [-0.1, -0.05) is 15.9 Å². The van der Waals surface area contributed by atoms with Gasteiger partial charge in [0.2, 0.25) is 0 Å². The normalized spacial score (nSPS) is 10.2. The number of amides is 2. The molecular formula is C14H14BrN3O2S. The lowest BCUT2D eigenvalue weighted by Crippen LogP contribution is -2.26. The molecule has 0 aliphatic rings. The van der Waals surface area contributed by atoms with Crippen molar-refractivity contribution < 1.29 is 9.59 Å². The molecule has 2 amide bonds. The predicted molar refractivity (Wildman–Crippen MR) is 85.4 cm³/mol. The largest absolute Gasteiger partial charge is 0.354 e. The zero-order valence-electron chi connectivity index (χ0n) is 11.6. The second-order valence-corrected chi connectivity index (χ2v) is 6.23. The Hall–Kier alpha value is -1.73. The zero-order chi connectivity index (χ0) is 15.4. The molecule has 0 aliphatic heterocycles. The van der Waals surface area contributed by atoms with Crippen molar-refractivity contribution in [1.82, 2.24) is 15.2 Å². The van der Waals surface area contributed by atoms with E-state index in [1.807, 2.05) is 12.1 Å². The average Bonchev–Trinajstić information content (AvgIpc) is 2.95. The van der Waals surface area contributed by atoms with Crippen molar-refractivity contribution in [3.63, 3.8) is 0 Å². The van der Waals surface area contributed by atoms with Gasteiger partial charge in [0.1, 0.15) is 10.7 Å². The Labute approximate surface area is 135 Å². The highest BCUT2D eigenvalue weighted by Gasteiger charge is 2.15. The van der Waals surface area contributed by atoms with Crippen LogP contribution in [0.5, 0.6) is 0 Å². The average molecular weight is 368 g/mol. The molecule has 1 N–H and O–H groups in total. The summed E-state index contributed by atoms with van der Waals surface area (Å²) in [5, 5.41) is 4.93. The van der Waals surface area contributed by atoms with Gasteiger partial charge in [-0.05, 0) is 24.3 Å². The van der Waals surface area contributed by atoms with E-state index in [0.717, 1.165) is 9.48 Å². The second kappa shape index (κ2) is 6.82. The molecule has 1 heterocycles. The van der Waals surface area contributed by atoms with Gasteiger partial charge in [0, 0.05) is 29.5 Å². The topological polar surface area (TPSA) is 62.3 Å². The first-order valence-corrected chi connectivity index (χ1v) is 7.86. The minimum Gasteiger partial charge on any atom is -0.354 e. The maximum atomic E-state index is 12.3. The molecule has 1 aromatic carbocycles. The first-order chi connectivity index (χ1) is 10.0. The first-order valence-electron chi connectivity index (χ1n) is 6.18. The van der Waals surface area contributed by atoms with Crippen LogP contribution in [0.3, 0.4) is 0 Å². The Morgan fingerprint density at radius 2 is 2.00 bits per heavy atom. The molecule has 1 aromatic heterocycles. The molecule has 0 aliphatic carbocycles. The van der Waals surface area contributed by atoms with Crippen LogP contribution in [0.2, 0.25) is 0 Å². The van der Waals surface area contributed by atoms with E-state index in [0.29, 0.717) is 17.8 Å². The molecular weight excluding hydrogens is 354 g/mol. The molecule has 0 saturated heterocycles. The number of benzene rings is 1. The van der Waals surface area contributed by atoms with Gasteiger partial charge >= 0.3 is 0 Å². The van der Waals surface area contributed by atoms with Crippen LogP contribution >= 0.6 is 27.3 Å². The van der Waals surface area contributed by atoms with Crippen LogP contribution in [0.15, 0.2) is 34.1 Å². The number of nitrogens with one attached hydrogen (secondary N) is 1. The molecule has 0 radical (unpaired) electrons. The molecule has 0 saturated carbocycles. The summed E-state index contributed by atoms with van der Waals surface area (Å²) in [6.45, 7) is 0.372. The predicted octanol–water partition coefficient (Wildman–Crippen LogP) is 2.54. The van der Waals surface area contributed by atoms with E-state index in [2.05, 4.69) is 26.2 Å². The minimum absolute atomic E-state index is 0.0841. The van der Waals surface area contributed by atoms with Gasteiger partial charge in [-0.25, -0.2) is 4.98 Å². The van der Waals surface area contributed by atoms with Crippen LogP contribution in [-0.2, 0) is 6.54 Å². The fraction of sp³-hybridized carbons (Fsp3) is 0.214. The lowest BCUT2D eigenvalue weighted by Gasteiger charge is -2.15. The van der Waals surface area contributed by atoms with E-state index < -0.39 is 0 Å². The van der Waals surface area contributed by atoms with E-state index in [-0.39, 0.29) is 11.8 Å². The Kier molecular flexibility index (Phi) is 5.08. The molecule has 2 aromatic rings. The summed E-state index contributed by atoms with van der Waals surface area (Å²) in [6, 6.07) is 7.18. The van der Waals surface area contributed by atoms with Gasteiger partial charge in [0.25, 0.3) is 11.8 Å². The molecule has 21 heavy (non-hydrogen) atoms. The van der Waals surface area contributed by atoms with Crippen molar-refractivity contribution in [1.29, 1.82) is 0 Å². The summed E-state index contributed by atoms with van der Waals surface area (Å²) in [4.78, 5) is 29.5. The number of hydrogen-bond acceptors (Lipinski definition) is 4. The highest BCUT2D eigenvalue weighted by molar-refractivity contribution is 9.10. The van der Waals surface area contributed by atoms with Gasteiger partial charge in [0.05, 0.1) is 6.54 Å². The molecule has 5 nitrogen and oxygen atoms in total. The highest BCUT2D eigenvalue weighted by atomic mass is 79.9. The molecule has 0 atom stereocenters. The third-order valence-electron chi connectivity index (χ3n) is 2.82. The van der Waals surface area contributed by atoms with Crippen molar-refractivity contribution in [3.05, 3.63) is 50.4 Å². The Morgan fingerprint density at radius 1 is 1.33 bits per heavy atom. The van der Waals surface area contributed by atoms with E-state index in [1.165, 1.54) is 11.3 Å². The fourth-order valence-electron chi connectivity index (χ4n) is 1.70. The maximum absolute atomic E-state index is 12.3. The fourth-order valence-corrected chi connectivity index (χ4v) is 2.79. The van der Waals surface area contributed by atoms with E-state index >= 15 is 0 Å². The number of aromatic nitrogens is 1. The summed E-state index contributed by atoms with van der Waals surface area (Å²) >= 11 is 4.70. The van der Waals surface area contributed by atoms with Crippen molar-refractivity contribution in [2.24, 2.45) is 0 Å². The van der Waals surface area contributed by atoms with Gasteiger partial charge < -0.3 is 10.2 Å². The van der Waals surface area contributed by atoms with Crippen LogP contribution in [0.1, 0.15) is 25.9 Å². The summed E-state index contributed by atoms with van der Waals surface area (Å²) < 4.78 is 0.928. The van der Waals surface area contributed by atoms with Crippen molar-refractivity contribution in [3.8, 4) is 0 Å². The number of carbonyl (C=O) groups is 2. The number of thiazole rings is 1. The molecule has 110 valence electrons. The number of nitrogens with zero attached hydrogens (tertiary/aromatic N) is 2. The van der Waals surface area contributed by atoms with Crippen LogP contribution < -0.4 is 5.32 Å². The smallest absolute Gasteiger partial charge is 0.270 e. The van der Waals surface area contributed by atoms with Crippen molar-refractivity contribution in [2.75, 3.05) is 14.1 Å². The summed E-state index contributed by atoms with van der Waals surface area (Å²) in [7, 11) is 3.27. The third-order valence-corrected chi connectivity index (χ3v) is 4.18. The molecule has 0 fully saturated rings. The van der Waals surface area contributed by atoms with Crippen LogP contribution in [-0.4, -0.2) is 35.8 Å². The lowest BCUT2D eigenvalue weighted by atomic mass is 10.2. The van der Waals surface area contributed by atoms with Crippen LogP contribution in [0.25, 0.3) is 0 Å². The molecule has 0 unspecified atom stereocenters. The Bertz CT molecular complexity index is 654. The third kappa shape index (κ3) is 3.89.